The zero-order chi connectivity index (χ0) is 9.10. The number of hydrogen-bond donors (Lipinski definition) is 2. The number of ether oxygens (including phenoxy) is 1. The molecule has 70 valence electrons. The zero-order valence-electron chi connectivity index (χ0n) is 7.31. The maximum atomic E-state index is 9.37. The van der Waals surface area contributed by atoms with Crippen molar-refractivity contribution >= 4 is 0 Å². The van der Waals surface area contributed by atoms with Gasteiger partial charge in [-0.05, 0) is 12.0 Å². The van der Waals surface area contributed by atoms with Gasteiger partial charge < -0.3 is 9.84 Å². The molecule has 0 spiro atoms. The molecule has 1 fully saturated rings. The first kappa shape index (κ1) is 8.69. The van der Waals surface area contributed by atoms with Crippen molar-refractivity contribution in [3.05, 3.63) is 35.9 Å². The standard InChI is InChI=1S/C10H13NO2/c12-10-9(11-7-13-10)6-8-4-2-1-3-5-8/h1-5,9-12H,6-7H2. The van der Waals surface area contributed by atoms with Crippen LogP contribution in [0, 0.1) is 0 Å². The fourth-order valence-electron chi connectivity index (χ4n) is 1.50. The smallest absolute Gasteiger partial charge is 0.172 e. The molecule has 1 saturated heterocycles. The Hall–Kier alpha value is -0.900. The molecular formula is C10H13NO2. The van der Waals surface area contributed by atoms with Gasteiger partial charge in [0.25, 0.3) is 0 Å². The minimum Gasteiger partial charge on any atom is -0.367 e. The van der Waals surface area contributed by atoms with Crippen LogP contribution < -0.4 is 5.32 Å². The molecular weight excluding hydrogens is 166 g/mol. The molecule has 0 radical (unpaired) electrons. The van der Waals surface area contributed by atoms with Crippen molar-refractivity contribution in [1.82, 2.24) is 5.32 Å². The minimum absolute atomic E-state index is 0.0300. The summed E-state index contributed by atoms with van der Waals surface area (Å²) in [6.45, 7) is 0.443. The molecule has 0 amide bonds. The summed E-state index contributed by atoms with van der Waals surface area (Å²) in [4.78, 5) is 0. The molecule has 0 bridgehead atoms. The van der Waals surface area contributed by atoms with Gasteiger partial charge >= 0.3 is 0 Å². The fraction of sp³-hybridized carbons (Fsp3) is 0.400. The van der Waals surface area contributed by atoms with E-state index in [1.807, 2.05) is 30.3 Å². The van der Waals surface area contributed by atoms with Gasteiger partial charge in [0.2, 0.25) is 0 Å². The van der Waals surface area contributed by atoms with E-state index in [9.17, 15) is 5.11 Å². The number of nitrogens with one attached hydrogen (secondary N) is 1. The summed E-state index contributed by atoms with van der Waals surface area (Å²) < 4.78 is 4.98. The highest BCUT2D eigenvalue weighted by atomic mass is 16.6. The van der Waals surface area contributed by atoms with E-state index in [4.69, 9.17) is 4.74 Å². The lowest BCUT2D eigenvalue weighted by Crippen LogP contribution is -2.32. The van der Waals surface area contributed by atoms with Gasteiger partial charge in [0, 0.05) is 0 Å². The van der Waals surface area contributed by atoms with E-state index < -0.39 is 6.29 Å². The maximum absolute atomic E-state index is 9.37. The van der Waals surface area contributed by atoms with Crippen LogP contribution in [0.25, 0.3) is 0 Å². The monoisotopic (exact) mass is 179 g/mol. The van der Waals surface area contributed by atoms with E-state index in [1.165, 1.54) is 5.56 Å². The van der Waals surface area contributed by atoms with Crippen molar-refractivity contribution in [3.63, 3.8) is 0 Å². The first-order valence-corrected chi connectivity index (χ1v) is 4.43. The molecule has 2 N–H and O–H groups in total. The van der Waals surface area contributed by atoms with Crippen LogP contribution >= 0.6 is 0 Å². The first-order chi connectivity index (χ1) is 6.36. The lowest BCUT2D eigenvalue weighted by atomic mass is 10.1. The summed E-state index contributed by atoms with van der Waals surface area (Å²) in [6.07, 6.45) is 0.141. The third kappa shape index (κ3) is 2.06. The second-order valence-electron chi connectivity index (χ2n) is 3.20. The van der Waals surface area contributed by atoms with Crippen LogP contribution in [0.15, 0.2) is 30.3 Å². The second-order valence-corrected chi connectivity index (χ2v) is 3.20. The highest BCUT2D eigenvalue weighted by molar-refractivity contribution is 5.16. The van der Waals surface area contributed by atoms with Crippen molar-refractivity contribution in [2.24, 2.45) is 0 Å². The molecule has 3 nitrogen and oxygen atoms in total. The molecule has 1 aromatic rings. The number of hydrogen-bond acceptors (Lipinski definition) is 3. The Bertz CT molecular complexity index is 263. The average Bonchev–Trinajstić information content (AvgIpc) is 2.54. The Balaban J connectivity index is 1.98. The summed E-state index contributed by atoms with van der Waals surface area (Å²) in [5.74, 6) is 0. The molecule has 0 aliphatic carbocycles. The summed E-state index contributed by atoms with van der Waals surface area (Å²) in [5.41, 5.74) is 1.21. The molecule has 2 unspecified atom stereocenters. The van der Waals surface area contributed by atoms with E-state index in [2.05, 4.69) is 5.32 Å². The van der Waals surface area contributed by atoms with Crippen molar-refractivity contribution in [3.8, 4) is 0 Å². The van der Waals surface area contributed by atoms with Crippen LogP contribution in [-0.4, -0.2) is 24.2 Å². The molecule has 3 heteroatoms. The quantitative estimate of drug-likeness (QED) is 0.694. The van der Waals surface area contributed by atoms with Crippen LogP contribution in [0.4, 0.5) is 0 Å². The summed E-state index contributed by atoms with van der Waals surface area (Å²) in [5, 5.41) is 12.4. The molecule has 13 heavy (non-hydrogen) atoms. The number of aliphatic hydroxyl groups is 1. The van der Waals surface area contributed by atoms with Crippen molar-refractivity contribution < 1.29 is 9.84 Å². The van der Waals surface area contributed by atoms with Gasteiger partial charge in [-0.25, -0.2) is 0 Å². The zero-order valence-corrected chi connectivity index (χ0v) is 7.31. The molecule has 0 aromatic heterocycles. The summed E-state index contributed by atoms with van der Waals surface area (Å²) >= 11 is 0. The SMILES string of the molecule is OC1OCNC1Cc1ccccc1. The Morgan fingerprint density at radius 3 is 2.77 bits per heavy atom. The molecule has 1 aliphatic rings. The van der Waals surface area contributed by atoms with Gasteiger partial charge in [-0.1, -0.05) is 30.3 Å². The number of benzene rings is 1. The molecule has 1 aromatic carbocycles. The second kappa shape index (κ2) is 3.87. The van der Waals surface area contributed by atoms with Gasteiger partial charge in [-0.2, -0.15) is 0 Å². The van der Waals surface area contributed by atoms with Crippen LogP contribution in [0.3, 0.4) is 0 Å². The third-order valence-corrected chi connectivity index (χ3v) is 2.24. The minimum atomic E-state index is -0.666. The van der Waals surface area contributed by atoms with Crippen molar-refractivity contribution in [2.45, 2.75) is 18.8 Å². The van der Waals surface area contributed by atoms with E-state index >= 15 is 0 Å². The van der Waals surface area contributed by atoms with Gasteiger partial charge in [-0.15, -0.1) is 0 Å². The third-order valence-electron chi connectivity index (χ3n) is 2.24. The topological polar surface area (TPSA) is 41.5 Å². The summed E-state index contributed by atoms with van der Waals surface area (Å²) in [7, 11) is 0. The lowest BCUT2D eigenvalue weighted by molar-refractivity contribution is -0.0670. The lowest BCUT2D eigenvalue weighted by Gasteiger charge is -2.12. The van der Waals surface area contributed by atoms with Gasteiger partial charge in [0.1, 0.15) is 6.73 Å². The van der Waals surface area contributed by atoms with Gasteiger partial charge in [0.05, 0.1) is 6.04 Å². The average molecular weight is 179 g/mol. The maximum Gasteiger partial charge on any atom is 0.172 e. The molecule has 2 atom stereocenters. The number of aliphatic hydroxyl groups excluding tert-OH is 1. The van der Waals surface area contributed by atoms with Crippen LogP contribution in [0.1, 0.15) is 5.56 Å². The Labute approximate surface area is 77.3 Å². The van der Waals surface area contributed by atoms with Gasteiger partial charge in [-0.3, -0.25) is 5.32 Å². The Morgan fingerprint density at radius 2 is 2.15 bits per heavy atom. The van der Waals surface area contributed by atoms with E-state index in [1.54, 1.807) is 0 Å². The van der Waals surface area contributed by atoms with E-state index in [-0.39, 0.29) is 6.04 Å². The Kier molecular flexibility index (Phi) is 2.59. The van der Waals surface area contributed by atoms with Crippen LogP contribution in [0.2, 0.25) is 0 Å². The molecule has 2 rings (SSSR count). The largest absolute Gasteiger partial charge is 0.367 e. The highest BCUT2D eigenvalue weighted by Crippen LogP contribution is 2.10. The first-order valence-electron chi connectivity index (χ1n) is 4.43. The number of rotatable bonds is 2. The normalized spacial score (nSPS) is 27.8. The molecule has 0 saturated carbocycles. The fourth-order valence-corrected chi connectivity index (χ4v) is 1.50. The molecule has 1 aliphatic heterocycles. The van der Waals surface area contributed by atoms with Crippen LogP contribution in [0.5, 0.6) is 0 Å². The highest BCUT2D eigenvalue weighted by Gasteiger charge is 2.25. The predicted octanol–water partition coefficient (Wildman–Crippen LogP) is 0.493. The predicted molar refractivity (Wildman–Crippen MR) is 49.0 cm³/mol. The van der Waals surface area contributed by atoms with Gasteiger partial charge in [0.15, 0.2) is 6.29 Å². The van der Waals surface area contributed by atoms with E-state index in [0.717, 1.165) is 6.42 Å². The molecule has 1 heterocycles. The Morgan fingerprint density at radius 1 is 1.38 bits per heavy atom. The summed E-state index contributed by atoms with van der Waals surface area (Å²) in [6, 6.07) is 10.1. The van der Waals surface area contributed by atoms with Crippen LogP contribution in [-0.2, 0) is 11.2 Å². The van der Waals surface area contributed by atoms with Crippen molar-refractivity contribution in [2.75, 3.05) is 6.73 Å². The van der Waals surface area contributed by atoms with Crippen molar-refractivity contribution in [1.29, 1.82) is 0 Å². The van der Waals surface area contributed by atoms with E-state index in [0.29, 0.717) is 6.73 Å².